The van der Waals surface area contributed by atoms with Gasteiger partial charge in [-0.05, 0) is 39.8 Å². The van der Waals surface area contributed by atoms with Gasteiger partial charge < -0.3 is 14.2 Å². The highest BCUT2D eigenvalue weighted by Gasteiger charge is 2.17. The first-order chi connectivity index (χ1) is 12.1. The van der Waals surface area contributed by atoms with Gasteiger partial charge >= 0.3 is 0 Å². The van der Waals surface area contributed by atoms with Crippen LogP contribution < -0.4 is 15.2 Å². The van der Waals surface area contributed by atoms with E-state index in [0.717, 1.165) is 37.6 Å². The van der Waals surface area contributed by atoms with Crippen LogP contribution in [0.25, 0.3) is 22.6 Å². The quantitative estimate of drug-likeness (QED) is 0.636. The summed E-state index contributed by atoms with van der Waals surface area (Å²) in [6.45, 7) is 11.9. The van der Waals surface area contributed by atoms with Gasteiger partial charge in [0.25, 0.3) is 0 Å². The van der Waals surface area contributed by atoms with Crippen molar-refractivity contribution in [3.8, 4) is 11.5 Å². The molecule has 132 valence electrons. The van der Waals surface area contributed by atoms with Crippen molar-refractivity contribution in [1.82, 2.24) is 4.98 Å². The van der Waals surface area contributed by atoms with Gasteiger partial charge in [-0.1, -0.05) is 0 Å². The highest BCUT2D eigenvalue weighted by molar-refractivity contribution is 5.80. The zero-order valence-corrected chi connectivity index (χ0v) is 15.4. The van der Waals surface area contributed by atoms with Crippen molar-refractivity contribution in [1.29, 1.82) is 0 Å². The molecule has 1 aliphatic heterocycles. The fourth-order valence-corrected chi connectivity index (χ4v) is 3.23. The van der Waals surface area contributed by atoms with Crippen LogP contribution in [0.15, 0.2) is 39.5 Å². The maximum atomic E-state index is 12.5. The molecule has 0 unspecified atom stereocenters. The predicted molar refractivity (Wildman–Crippen MR) is 104 cm³/mol. The molecular weight excluding hydrogens is 314 g/mol. The van der Waals surface area contributed by atoms with Gasteiger partial charge in [-0.25, -0.2) is 4.98 Å². The molecule has 1 aromatic rings. The number of fused-ring (bicyclic) bond motifs is 2. The molecular formula is C20H25N3O2. The molecule has 0 atom stereocenters. The summed E-state index contributed by atoms with van der Waals surface area (Å²) in [6.07, 6.45) is 0. The van der Waals surface area contributed by atoms with Crippen LogP contribution in [0.4, 0.5) is 11.4 Å². The molecule has 0 spiro atoms. The zero-order valence-electron chi connectivity index (χ0n) is 15.4. The van der Waals surface area contributed by atoms with Gasteiger partial charge in [0.05, 0.1) is 0 Å². The van der Waals surface area contributed by atoms with Gasteiger partial charge in [-0.15, -0.1) is 0 Å². The van der Waals surface area contributed by atoms with E-state index in [2.05, 4.69) is 42.5 Å². The first-order valence-corrected chi connectivity index (χ1v) is 8.99. The Labute approximate surface area is 148 Å². The Morgan fingerprint density at radius 1 is 0.880 bits per heavy atom. The van der Waals surface area contributed by atoms with Crippen LogP contribution in [0.2, 0.25) is 0 Å². The normalized spacial score (nSPS) is 11.2. The third kappa shape index (κ3) is 3.18. The molecule has 0 saturated carbocycles. The van der Waals surface area contributed by atoms with Crippen LogP contribution >= 0.6 is 0 Å². The molecule has 0 fully saturated rings. The molecule has 5 nitrogen and oxygen atoms in total. The first-order valence-electron chi connectivity index (χ1n) is 8.99. The van der Waals surface area contributed by atoms with Crippen molar-refractivity contribution in [3.05, 3.63) is 40.6 Å². The van der Waals surface area contributed by atoms with Gasteiger partial charge in [0, 0.05) is 55.8 Å². The van der Waals surface area contributed by atoms with Crippen LogP contribution in [-0.2, 0) is 0 Å². The highest BCUT2D eigenvalue weighted by atomic mass is 16.3. The molecule has 1 aliphatic carbocycles. The maximum Gasteiger partial charge on any atom is 0.210 e. The summed E-state index contributed by atoms with van der Waals surface area (Å²) in [5, 5.41) is 0. The van der Waals surface area contributed by atoms with E-state index in [9.17, 15) is 4.79 Å². The summed E-state index contributed by atoms with van der Waals surface area (Å²) < 4.78 is 6.07. The second-order valence-corrected chi connectivity index (χ2v) is 6.00. The third-order valence-electron chi connectivity index (χ3n) is 4.68. The topological polar surface area (TPSA) is 49.6 Å². The van der Waals surface area contributed by atoms with E-state index in [1.54, 1.807) is 6.07 Å². The number of benzene rings is 2. The second kappa shape index (κ2) is 7.13. The largest absolute Gasteiger partial charge is 0.453 e. The molecule has 5 heteroatoms. The van der Waals surface area contributed by atoms with E-state index in [-0.39, 0.29) is 5.43 Å². The number of hydrogen-bond acceptors (Lipinski definition) is 5. The lowest BCUT2D eigenvalue weighted by atomic mass is 10.1. The van der Waals surface area contributed by atoms with Crippen molar-refractivity contribution in [3.63, 3.8) is 0 Å². The summed E-state index contributed by atoms with van der Waals surface area (Å²) in [7, 11) is 0. The Kier molecular flexibility index (Phi) is 4.93. The standard InChI is InChI=1S/C20H25N3O2/c1-5-22(6-2)14-9-10-16-18(12-14)25-19-13-15(23(7-3)8-4)11-17(24)20(19)21-16/h9-13H,5-8H2,1-4H3. The SMILES string of the molecule is CCN(CC)c1cc2oc3cc(N(CC)CC)ccc3nc-2c(=O)c1. The monoisotopic (exact) mass is 339 g/mol. The smallest absolute Gasteiger partial charge is 0.210 e. The summed E-state index contributed by atoms with van der Waals surface area (Å²) in [4.78, 5) is 21.4. The van der Waals surface area contributed by atoms with Crippen molar-refractivity contribution in [2.24, 2.45) is 0 Å². The third-order valence-corrected chi connectivity index (χ3v) is 4.68. The van der Waals surface area contributed by atoms with Crippen LogP contribution in [0.3, 0.4) is 0 Å². The summed E-state index contributed by atoms with van der Waals surface area (Å²) >= 11 is 0. The molecule has 1 heterocycles. The molecule has 2 aliphatic rings. The molecule has 0 bridgehead atoms. The summed E-state index contributed by atoms with van der Waals surface area (Å²) in [5.41, 5.74) is 3.68. The molecule has 25 heavy (non-hydrogen) atoms. The summed E-state index contributed by atoms with van der Waals surface area (Å²) in [6, 6.07) is 9.51. The minimum atomic E-state index is -0.0992. The Hall–Kier alpha value is -2.56. The fourth-order valence-electron chi connectivity index (χ4n) is 3.23. The lowest BCUT2D eigenvalue weighted by Crippen LogP contribution is -2.24. The number of nitrogens with zero attached hydrogens (tertiary/aromatic N) is 3. The molecule has 0 radical (unpaired) electrons. The van der Waals surface area contributed by atoms with Crippen LogP contribution in [0.1, 0.15) is 27.7 Å². The van der Waals surface area contributed by atoms with Crippen LogP contribution in [0.5, 0.6) is 0 Å². The number of anilines is 2. The van der Waals surface area contributed by atoms with E-state index in [4.69, 9.17) is 4.42 Å². The molecule has 0 N–H and O–H groups in total. The van der Waals surface area contributed by atoms with E-state index >= 15 is 0 Å². The fraction of sp³-hybridized carbons (Fsp3) is 0.400. The van der Waals surface area contributed by atoms with E-state index in [1.165, 1.54) is 0 Å². The van der Waals surface area contributed by atoms with Crippen molar-refractivity contribution in [2.75, 3.05) is 36.0 Å². The van der Waals surface area contributed by atoms with E-state index in [1.807, 2.05) is 24.3 Å². The number of aromatic nitrogens is 1. The van der Waals surface area contributed by atoms with Crippen molar-refractivity contribution < 1.29 is 4.42 Å². The average molecular weight is 339 g/mol. The molecule has 0 amide bonds. The minimum absolute atomic E-state index is 0.0992. The van der Waals surface area contributed by atoms with Gasteiger partial charge in [-0.3, -0.25) is 4.79 Å². The molecule has 1 aromatic carbocycles. The van der Waals surface area contributed by atoms with Gasteiger partial charge in [0.1, 0.15) is 5.52 Å². The number of hydrogen-bond donors (Lipinski definition) is 0. The highest BCUT2D eigenvalue weighted by Crippen LogP contribution is 2.28. The van der Waals surface area contributed by atoms with E-state index < -0.39 is 0 Å². The van der Waals surface area contributed by atoms with Gasteiger partial charge in [-0.2, -0.15) is 0 Å². The van der Waals surface area contributed by atoms with Crippen molar-refractivity contribution in [2.45, 2.75) is 27.7 Å². The maximum absolute atomic E-state index is 12.5. The first kappa shape index (κ1) is 17.3. The lowest BCUT2D eigenvalue weighted by molar-refractivity contribution is 0.611. The lowest BCUT2D eigenvalue weighted by Gasteiger charge is -2.22. The predicted octanol–water partition coefficient (Wildman–Crippen LogP) is 3.99. The second-order valence-electron chi connectivity index (χ2n) is 6.00. The van der Waals surface area contributed by atoms with E-state index in [0.29, 0.717) is 22.6 Å². The molecule has 0 aromatic heterocycles. The summed E-state index contributed by atoms with van der Waals surface area (Å²) in [5.74, 6) is 0.540. The van der Waals surface area contributed by atoms with Crippen molar-refractivity contribution >= 4 is 22.5 Å². The average Bonchev–Trinajstić information content (AvgIpc) is 2.62. The molecule has 3 rings (SSSR count). The number of rotatable bonds is 6. The van der Waals surface area contributed by atoms with Gasteiger partial charge in [0.15, 0.2) is 17.0 Å². The van der Waals surface area contributed by atoms with Crippen LogP contribution in [0, 0.1) is 0 Å². The Bertz CT molecular complexity index is 895. The van der Waals surface area contributed by atoms with Gasteiger partial charge in [0.2, 0.25) is 5.43 Å². The Balaban J connectivity index is 2.18. The minimum Gasteiger partial charge on any atom is -0.453 e. The molecule has 0 saturated heterocycles. The van der Waals surface area contributed by atoms with Crippen LogP contribution in [-0.4, -0.2) is 31.2 Å². The Morgan fingerprint density at radius 3 is 2.16 bits per heavy atom. The zero-order chi connectivity index (χ0) is 18.0. The Morgan fingerprint density at radius 2 is 1.52 bits per heavy atom.